The molecule has 12 heteroatoms. The first kappa shape index (κ1) is 24.5. The van der Waals surface area contributed by atoms with Crippen LogP contribution in [0.3, 0.4) is 0 Å². The summed E-state index contributed by atoms with van der Waals surface area (Å²) in [5.74, 6) is -2.05. The van der Waals surface area contributed by atoms with Crippen LogP contribution in [0.5, 0.6) is 11.5 Å². The monoisotopic (exact) mass is 492 g/mol. The van der Waals surface area contributed by atoms with E-state index in [0.29, 0.717) is 17.6 Å². The molecular weight excluding hydrogens is 477 g/mol. The molecule has 1 aromatic heterocycles. The highest BCUT2D eigenvalue weighted by atomic mass is 35.5. The predicted molar refractivity (Wildman–Crippen MR) is 118 cm³/mol. The molecule has 0 saturated carbocycles. The summed E-state index contributed by atoms with van der Waals surface area (Å²) >= 11 is 5.54. The molecule has 0 bridgehead atoms. The second-order valence-corrected chi connectivity index (χ2v) is 7.10. The number of benzene rings is 2. The van der Waals surface area contributed by atoms with Crippen LogP contribution < -0.4 is 20.7 Å². The molecule has 3 aromatic rings. The van der Waals surface area contributed by atoms with Gasteiger partial charge >= 0.3 is 18.0 Å². The molecule has 0 aliphatic rings. The van der Waals surface area contributed by atoms with Crippen LogP contribution >= 0.6 is 11.6 Å². The summed E-state index contributed by atoms with van der Waals surface area (Å²) in [5, 5.41) is 6.33. The van der Waals surface area contributed by atoms with Crippen LogP contribution in [0.1, 0.15) is 16.1 Å². The summed E-state index contributed by atoms with van der Waals surface area (Å²) in [7, 11) is 1.48. The lowest BCUT2D eigenvalue weighted by Crippen LogP contribution is -2.29. The third-order valence-corrected chi connectivity index (χ3v) is 4.59. The van der Waals surface area contributed by atoms with E-state index in [1.54, 1.807) is 12.1 Å². The van der Waals surface area contributed by atoms with Gasteiger partial charge in [0.25, 0.3) is 5.91 Å². The van der Waals surface area contributed by atoms with Crippen LogP contribution in [0.15, 0.2) is 60.8 Å². The van der Waals surface area contributed by atoms with E-state index in [4.69, 9.17) is 16.3 Å². The van der Waals surface area contributed by atoms with Gasteiger partial charge in [0.2, 0.25) is 0 Å². The number of anilines is 2. The third kappa shape index (κ3) is 6.23. The largest absolute Gasteiger partial charge is 0.456 e. The molecule has 3 amide bonds. The Morgan fingerprint density at radius 2 is 1.59 bits per heavy atom. The van der Waals surface area contributed by atoms with Crippen molar-refractivity contribution in [1.82, 2.24) is 10.3 Å². The van der Waals surface area contributed by atoms with Gasteiger partial charge in [0.05, 0.1) is 16.8 Å². The maximum Gasteiger partial charge on any atom is 0.417 e. The van der Waals surface area contributed by atoms with Gasteiger partial charge in [-0.05, 0) is 42.5 Å². The Morgan fingerprint density at radius 1 is 0.912 bits per heavy atom. The summed E-state index contributed by atoms with van der Waals surface area (Å²) in [6.45, 7) is 0. The number of pyridine rings is 1. The molecule has 1 heterocycles. The maximum absolute atomic E-state index is 13.0. The second-order valence-electron chi connectivity index (χ2n) is 6.69. The minimum absolute atomic E-state index is 0.194. The molecule has 2 aromatic carbocycles. The van der Waals surface area contributed by atoms with Crippen molar-refractivity contribution < 1.29 is 32.3 Å². The first-order valence-corrected chi connectivity index (χ1v) is 9.90. The molecule has 8 nitrogen and oxygen atoms in total. The van der Waals surface area contributed by atoms with Gasteiger partial charge in [-0.1, -0.05) is 17.7 Å². The van der Waals surface area contributed by atoms with Crippen molar-refractivity contribution >= 4 is 40.7 Å². The smallest absolute Gasteiger partial charge is 0.417 e. The zero-order valence-corrected chi connectivity index (χ0v) is 18.1. The molecule has 176 valence electrons. The van der Waals surface area contributed by atoms with Gasteiger partial charge in [-0.25, -0.2) is 4.98 Å². The second kappa shape index (κ2) is 10.2. The van der Waals surface area contributed by atoms with Gasteiger partial charge in [0.1, 0.15) is 17.2 Å². The zero-order chi connectivity index (χ0) is 24.9. The van der Waals surface area contributed by atoms with Crippen LogP contribution in [-0.2, 0) is 15.8 Å². The number of nitrogens with one attached hydrogen (secondary N) is 3. The Balaban J connectivity index is 1.65. The molecule has 3 N–H and O–H groups in total. The third-order valence-electron chi connectivity index (χ3n) is 4.26. The van der Waals surface area contributed by atoms with Gasteiger partial charge < -0.3 is 20.7 Å². The Bertz CT molecular complexity index is 1230. The van der Waals surface area contributed by atoms with E-state index in [1.165, 1.54) is 37.5 Å². The standard InChI is InChI=1S/C22H16ClF3N4O4/c1-27-19(31)18-8-6-15(11-28-18)34-14-4-2-3-12(9-14)29-20(32)21(33)30-13-5-7-17(23)16(10-13)22(24,25)26/h2-11H,1H3,(H,27,31)(H,29,32)(H,30,33). The lowest BCUT2D eigenvalue weighted by molar-refractivity contribution is -0.137. The molecule has 0 radical (unpaired) electrons. The number of alkyl halides is 3. The van der Waals surface area contributed by atoms with Crippen LogP contribution in [-0.4, -0.2) is 29.8 Å². The highest BCUT2D eigenvalue weighted by Gasteiger charge is 2.33. The summed E-state index contributed by atoms with van der Waals surface area (Å²) < 4.78 is 44.5. The van der Waals surface area contributed by atoms with E-state index in [2.05, 4.69) is 20.9 Å². The van der Waals surface area contributed by atoms with Crippen LogP contribution in [0.4, 0.5) is 24.5 Å². The molecule has 0 unspecified atom stereocenters. The normalized spacial score (nSPS) is 10.9. The zero-order valence-electron chi connectivity index (χ0n) is 17.4. The molecule has 0 atom stereocenters. The highest BCUT2D eigenvalue weighted by molar-refractivity contribution is 6.43. The fourth-order valence-corrected chi connectivity index (χ4v) is 2.90. The highest BCUT2D eigenvalue weighted by Crippen LogP contribution is 2.36. The van der Waals surface area contributed by atoms with Crippen molar-refractivity contribution in [2.45, 2.75) is 6.18 Å². The first-order valence-electron chi connectivity index (χ1n) is 9.52. The number of aromatic nitrogens is 1. The average molecular weight is 493 g/mol. The van der Waals surface area contributed by atoms with Gasteiger partial charge in [0.15, 0.2) is 0 Å². The van der Waals surface area contributed by atoms with E-state index >= 15 is 0 Å². The van der Waals surface area contributed by atoms with Crippen molar-refractivity contribution in [2.24, 2.45) is 0 Å². The number of ether oxygens (including phenoxy) is 1. The van der Waals surface area contributed by atoms with Crippen LogP contribution in [0.2, 0.25) is 5.02 Å². The van der Waals surface area contributed by atoms with Crippen LogP contribution in [0.25, 0.3) is 0 Å². The SMILES string of the molecule is CNC(=O)c1ccc(Oc2cccc(NC(=O)C(=O)Nc3ccc(Cl)c(C(F)(F)F)c3)c2)cn1. The van der Waals surface area contributed by atoms with Gasteiger partial charge in [-0.3, -0.25) is 14.4 Å². The molecule has 34 heavy (non-hydrogen) atoms. The first-order chi connectivity index (χ1) is 16.1. The number of nitrogens with zero attached hydrogens (tertiary/aromatic N) is 1. The van der Waals surface area contributed by atoms with Crippen molar-refractivity contribution in [3.8, 4) is 11.5 Å². The number of halogens is 4. The Kier molecular flexibility index (Phi) is 7.37. The van der Waals surface area contributed by atoms with Crippen LogP contribution in [0, 0.1) is 0 Å². The number of amides is 3. The number of hydrogen-bond acceptors (Lipinski definition) is 5. The summed E-state index contributed by atoms with van der Waals surface area (Å²) in [4.78, 5) is 39.8. The number of rotatable bonds is 5. The molecule has 0 saturated heterocycles. The van der Waals surface area contributed by atoms with Crippen molar-refractivity contribution in [3.63, 3.8) is 0 Å². The fraction of sp³-hybridized carbons (Fsp3) is 0.0909. The molecule has 0 spiro atoms. The fourth-order valence-electron chi connectivity index (χ4n) is 2.67. The molecule has 0 aliphatic heterocycles. The Hall–Kier alpha value is -4.12. The van der Waals surface area contributed by atoms with E-state index in [1.807, 2.05) is 0 Å². The average Bonchev–Trinajstić information content (AvgIpc) is 2.79. The molecule has 3 rings (SSSR count). The quantitative estimate of drug-likeness (QED) is 0.455. The lowest BCUT2D eigenvalue weighted by Gasteiger charge is -2.12. The number of carbonyl (C=O) groups is 3. The van der Waals surface area contributed by atoms with E-state index < -0.39 is 28.6 Å². The number of hydrogen-bond donors (Lipinski definition) is 3. The summed E-state index contributed by atoms with van der Waals surface area (Å²) in [6.07, 6.45) is -3.39. The van der Waals surface area contributed by atoms with Gasteiger partial charge in [-0.2, -0.15) is 13.2 Å². The van der Waals surface area contributed by atoms with Crippen molar-refractivity contribution in [2.75, 3.05) is 17.7 Å². The number of carbonyl (C=O) groups excluding carboxylic acids is 3. The van der Waals surface area contributed by atoms with E-state index in [0.717, 1.165) is 12.1 Å². The molecular formula is C22H16ClF3N4O4. The molecule has 0 fully saturated rings. The van der Waals surface area contributed by atoms with Crippen molar-refractivity contribution in [3.05, 3.63) is 77.1 Å². The maximum atomic E-state index is 13.0. The minimum atomic E-state index is -4.72. The minimum Gasteiger partial charge on any atom is -0.456 e. The lowest BCUT2D eigenvalue weighted by atomic mass is 10.2. The van der Waals surface area contributed by atoms with Gasteiger partial charge in [-0.15, -0.1) is 0 Å². The topological polar surface area (TPSA) is 109 Å². The molecule has 0 aliphatic carbocycles. The van der Waals surface area contributed by atoms with E-state index in [9.17, 15) is 27.6 Å². The van der Waals surface area contributed by atoms with Crippen molar-refractivity contribution in [1.29, 1.82) is 0 Å². The van der Waals surface area contributed by atoms with Gasteiger partial charge in [0, 0.05) is 24.5 Å². The van der Waals surface area contributed by atoms with E-state index in [-0.39, 0.29) is 23.0 Å². The Morgan fingerprint density at radius 3 is 2.18 bits per heavy atom. The Labute approximate surface area is 196 Å². The predicted octanol–water partition coefficient (Wildman–Crippen LogP) is 4.48. The summed E-state index contributed by atoms with van der Waals surface area (Å²) in [5.41, 5.74) is -0.999. The summed E-state index contributed by atoms with van der Waals surface area (Å²) in [6, 6.07) is 11.7.